The van der Waals surface area contributed by atoms with Gasteiger partial charge in [-0.05, 0) is 47.7 Å². The van der Waals surface area contributed by atoms with E-state index in [0.29, 0.717) is 16.7 Å². The lowest BCUT2D eigenvalue weighted by molar-refractivity contribution is -0.140. The van der Waals surface area contributed by atoms with Crippen molar-refractivity contribution in [2.75, 3.05) is 6.54 Å². The molecule has 0 spiro atoms. The van der Waals surface area contributed by atoms with Gasteiger partial charge < -0.3 is 5.11 Å². The quantitative estimate of drug-likeness (QED) is 0.380. The Hall–Kier alpha value is -3.38. The molecule has 7 nitrogen and oxygen atoms in total. The first-order valence-corrected chi connectivity index (χ1v) is 10.6. The number of imide groups is 1. The molecule has 1 aromatic heterocycles. The van der Waals surface area contributed by atoms with Crippen LogP contribution in [-0.4, -0.2) is 43.4 Å². The Morgan fingerprint density at radius 3 is 2.62 bits per heavy atom. The molecule has 0 unspecified atom stereocenters. The molecule has 1 aliphatic heterocycles. The Labute approximate surface area is 197 Å². The molecule has 0 atom stereocenters. The predicted octanol–water partition coefficient (Wildman–Crippen LogP) is 5.02. The van der Waals surface area contributed by atoms with E-state index in [9.17, 15) is 27.6 Å². The van der Waals surface area contributed by atoms with Gasteiger partial charge in [-0.1, -0.05) is 17.7 Å². The molecule has 2 amide bonds. The number of carboxylic acid groups (broad SMARTS) is 1. The van der Waals surface area contributed by atoms with Gasteiger partial charge in [0.25, 0.3) is 11.1 Å². The highest BCUT2D eigenvalue weighted by atomic mass is 35.5. The van der Waals surface area contributed by atoms with Crippen molar-refractivity contribution in [3.05, 3.63) is 69.0 Å². The Balaban J connectivity index is 1.67. The molecule has 0 bridgehead atoms. The van der Waals surface area contributed by atoms with Gasteiger partial charge in [-0.2, -0.15) is 18.3 Å². The maximum atomic E-state index is 15.1. The highest BCUT2D eigenvalue weighted by Crippen LogP contribution is 2.35. The van der Waals surface area contributed by atoms with Gasteiger partial charge in [-0.25, -0.2) is 4.39 Å². The standard InChI is InChI=1S/C21H12ClF4N3O4S/c22-12-3-1-11(14(6-12)21(24,25)26)8-29-15-4-2-10(18(23)13(15)7-27-29)5-16-19(32)28(9-17(30)31)20(33)34-16/h1-7H,8-9H2,(H,30,31)/b16-5-. The molecule has 1 aliphatic rings. The maximum absolute atomic E-state index is 15.1. The molecule has 3 aromatic rings. The molecular weight excluding hydrogens is 502 g/mol. The van der Waals surface area contributed by atoms with Crippen LogP contribution in [-0.2, 0) is 22.3 Å². The summed E-state index contributed by atoms with van der Waals surface area (Å²) >= 11 is 6.18. The van der Waals surface area contributed by atoms with Gasteiger partial charge in [0.1, 0.15) is 12.4 Å². The first-order chi connectivity index (χ1) is 16.0. The fourth-order valence-electron chi connectivity index (χ4n) is 3.40. The van der Waals surface area contributed by atoms with Crippen LogP contribution in [0.25, 0.3) is 17.0 Å². The number of fused-ring (bicyclic) bond motifs is 1. The summed E-state index contributed by atoms with van der Waals surface area (Å²) in [6.45, 7) is -1.12. The largest absolute Gasteiger partial charge is 0.480 e. The first-order valence-electron chi connectivity index (χ1n) is 9.42. The van der Waals surface area contributed by atoms with Crippen LogP contribution in [0.1, 0.15) is 16.7 Å². The lowest BCUT2D eigenvalue weighted by Gasteiger charge is -2.14. The number of nitrogens with zero attached hydrogens (tertiary/aromatic N) is 3. The third kappa shape index (κ3) is 4.50. The zero-order chi connectivity index (χ0) is 24.8. The predicted molar refractivity (Wildman–Crippen MR) is 116 cm³/mol. The lowest BCUT2D eigenvalue weighted by Crippen LogP contribution is -2.33. The highest BCUT2D eigenvalue weighted by molar-refractivity contribution is 8.18. The summed E-state index contributed by atoms with van der Waals surface area (Å²) < 4.78 is 56.5. The van der Waals surface area contributed by atoms with Crippen molar-refractivity contribution in [2.24, 2.45) is 0 Å². The number of thioether (sulfide) groups is 1. The lowest BCUT2D eigenvalue weighted by atomic mass is 10.1. The number of aromatic nitrogens is 2. The van der Waals surface area contributed by atoms with Crippen molar-refractivity contribution in [1.29, 1.82) is 0 Å². The van der Waals surface area contributed by atoms with Crippen molar-refractivity contribution >= 4 is 57.5 Å². The van der Waals surface area contributed by atoms with Crippen molar-refractivity contribution in [1.82, 2.24) is 14.7 Å². The summed E-state index contributed by atoms with van der Waals surface area (Å²) in [6.07, 6.45) is -2.40. The van der Waals surface area contributed by atoms with Gasteiger partial charge >= 0.3 is 12.1 Å². The monoisotopic (exact) mass is 513 g/mol. The van der Waals surface area contributed by atoms with Gasteiger partial charge in [0, 0.05) is 10.6 Å². The fourth-order valence-corrected chi connectivity index (χ4v) is 4.40. The molecule has 4 rings (SSSR count). The maximum Gasteiger partial charge on any atom is 0.416 e. The number of halogens is 5. The summed E-state index contributed by atoms with van der Waals surface area (Å²) in [5.41, 5.74) is -0.914. The molecule has 1 saturated heterocycles. The van der Waals surface area contributed by atoms with Crippen molar-refractivity contribution in [3.8, 4) is 0 Å². The summed E-state index contributed by atoms with van der Waals surface area (Å²) in [7, 11) is 0. The molecular formula is C21H12ClF4N3O4S. The second kappa shape index (κ2) is 8.76. The third-order valence-corrected chi connectivity index (χ3v) is 6.08. The normalized spacial score (nSPS) is 15.7. The van der Waals surface area contributed by atoms with Crippen molar-refractivity contribution in [2.45, 2.75) is 12.7 Å². The van der Waals surface area contributed by atoms with Crippen molar-refractivity contribution < 1.29 is 37.1 Å². The molecule has 34 heavy (non-hydrogen) atoms. The van der Waals surface area contributed by atoms with Gasteiger partial charge in [-0.3, -0.25) is 24.0 Å². The third-order valence-electron chi connectivity index (χ3n) is 4.94. The molecule has 0 radical (unpaired) electrons. The summed E-state index contributed by atoms with van der Waals surface area (Å²) in [5.74, 6) is -3.05. The van der Waals surface area contributed by atoms with E-state index >= 15 is 4.39 Å². The molecule has 0 saturated carbocycles. The Morgan fingerprint density at radius 2 is 1.94 bits per heavy atom. The van der Waals surface area contributed by atoms with Gasteiger partial charge in [0.2, 0.25) is 0 Å². The highest BCUT2D eigenvalue weighted by Gasteiger charge is 2.36. The Morgan fingerprint density at radius 1 is 1.21 bits per heavy atom. The Bertz CT molecular complexity index is 1390. The number of carbonyl (C=O) groups is 3. The zero-order valence-electron chi connectivity index (χ0n) is 16.8. The molecule has 176 valence electrons. The molecule has 0 aliphatic carbocycles. The van der Waals surface area contributed by atoms with Gasteiger partial charge in [-0.15, -0.1) is 0 Å². The zero-order valence-corrected chi connectivity index (χ0v) is 18.3. The molecule has 13 heteroatoms. The molecule has 2 heterocycles. The molecule has 1 N–H and O–H groups in total. The van der Waals surface area contributed by atoms with E-state index in [2.05, 4.69) is 5.10 Å². The second-order valence-corrected chi connectivity index (χ2v) is 8.59. The van der Waals surface area contributed by atoms with Crippen LogP contribution in [0.2, 0.25) is 5.02 Å². The van der Waals surface area contributed by atoms with E-state index in [1.807, 2.05) is 0 Å². The Kier molecular flexibility index (Phi) is 6.13. The number of carboxylic acids is 1. The number of alkyl halides is 3. The SMILES string of the molecule is O=C(O)CN1C(=O)S/C(=C\c2ccc3c(cnn3Cc3ccc(Cl)cc3C(F)(F)F)c2F)C1=O. The smallest absolute Gasteiger partial charge is 0.416 e. The van der Waals surface area contributed by atoms with E-state index in [0.717, 1.165) is 18.3 Å². The van der Waals surface area contributed by atoms with Crippen LogP contribution in [0.15, 0.2) is 41.4 Å². The van der Waals surface area contributed by atoms with Crippen molar-refractivity contribution in [3.63, 3.8) is 0 Å². The minimum absolute atomic E-state index is 0.0129. The summed E-state index contributed by atoms with van der Waals surface area (Å²) in [6, 6.07) is 6.04. The van der Waals surface area contributed by atoms with Crippen LogP contribution in [0.4, 0.5) is 22.4 Å². The first kappa shape index (κ1) is 23.8. The summed E-state index contributed by atoms with van der Waals surface area (Å²) in [4.78, 5) is 35.4. The van der Waals surface area contributed by atoms with E-state index in [1.54, 1.807) is 0 Å². The number of aliphatic carboxylic acids is 1. The van der Waals surface area contributed by atoms with Crippen LogP contribution >= 0.6 is 23.4 Å². The number of rotatable bonds is 5. The van der Waals surface area contributed by atoms with Gasteiger partial charge in [0.05, 0.1) is 34.1 Å². The van der Waals surface area contributed by atoms with E-state index in [1.165, 1.54) is 28.9 Å². The molecule has 1 fully saturated rings. The van der Waals surface area contributed by atoms with E-state index in [4.69, 9.17) is 16.7 Å². The fraction of sp³-hybridized carbons (Fsp3) is 0.143. The minimum Gasteiger partial charge on any atom is -0.480 e. The van der Waals surface area contributed by atoms with Crippen LogP contribution in [0.5, 0.6) is 0 Å². The van der Waals surface area contributed by atoms with Crippen LogP contribution in [0, 0.1) is 5.82 Å². The average Bonchev–Trinajstić information content (AvgIpc) is 3.27. The number of hydrogen-bond acceptors (Lipinski definition) is 5. The van der Waals surface area contributed by atoms with E-state index < -0.39 is 41.2 Å². The number of benzene rings is 2. The average molecular weight is 514 g/mol. The number of hydrogen-bond donors (Lipinski definition) is 1. The van der Waals surface area contributed by atoms with E-state index in [-0.39, 0.29) is 38.5 Å². The molecule has 2 aromatic carbocycles. The van der Waals surface area contributed by atoms with Crippen LogP contribution in [0.3, 0.4) is 0 Å². The van der Waals surface area contributed by atoms with Crippen LogP contribution < -0.4 is 0 Å². The minimum atomic E-state index is -4.65. The number of amides is 2. The summed E-state index contributed by atoms with van der Waals surface area (Å²) in [5, 5.41) is 11.9. The number of carbonyl (C=O) groups excluding carboxylic acids is 2. The van der Waals surface area contributed by atoms with Gasteiger partial charge in [0.15, 0.2) is 0 Å². The topological polar surface area (TPSA) is 92.5 Å². The second-order valence-electron chi connectivity index (χ2n) is 7.16.